The van der Waals surface area contributed by atoms with E-state index in [2.05, 4.69) is 16.3 Å². The largest absolute Gasteiger partial charge is 0.493 e. The monoisotopic (exact) mass is 232 g/mol. The average molecular weight is 233 g/mol. The van der Waals surface area contributed by atoms with Gasteiger partial charge in [0.1, 0.15) is 5.75 Å². The molecule has 0 amide bonds. The van der Waals surface area contributed by atoms with Crippen molar-refractivity contribution < 1.29 is 4.74 Å². The Kier molecular flexibility index (Phi) is 2.26. The molecule has 1 aliphatic rings. The minimum atomic E-state index is 0.410. The van der Waals surface area contributed by atoms with E-state index in [4.69, 9.17) is 16.3 Å². The van der Waals surface area contributed by atoms with Crippen molar-refractivity contribution in [2.24, 2.45) is 0 Å². The lowest BCUT2D eigenvalue weighted by atomic mass is 10.1. The molecule has 16 heavy (non-hydrogen) atoms. The van der Waals surface area contributed by atoms with E-state index in [-0.39, 0.29) is 0 Å². The third-order valence-corrected chi connectivity index (χ3v) is 2.82. The maximum Gasteiger partial charge on any atom is 0.151 e. The predicted molar refractivity (Wildman–Crippen MR) is 61.7 cm³/mol. The normalized spacial score (nSPS) is 13.3. The molecule has 1 aliphatic heterocycles. The summed E-state index contributed by atoms with van der Waals surface area (Å²) in [5.74, 6) is 0.977. The number of aromatic nitrogens is 2. The van der Waals surface area contributed by atoms with Gasteiger partial charge in [0, 0.05) is 12.0 Å². The van der Waals surface area contributed by atoms with E-state index in [9.17, 15) is 0 Å². The summed E-state index contributed by atoms with van der Waals surface area (Å²) < 4.78 is 5.45. The summed E-state index contributed by atoms with van der Waals surface area (Å²) in [6, 6.07) is 9.68. The smallest absolute Gasteiger partial charge is 0.151 e. The highest BCUT2D eigenvalue weighted by molar-refractivity contribution is 6.29. The number of halogens is 1. The van der Waals surface area contributed by atoms with Crippen LogP contribution in [0.4, 0.5) is 0 Å². The van der Waals surface area contributed by atoms with E-state index >= 15 is 0 Å². The second-order valence-corrected chi connectivity index (χ2v) is 4.05. The maximum absolute atomic E-state index is 5.70. The first-order chi connectivity index (χ1) is 7.83. The van der Waals surface area contributed by atoms with Crippen LogP contribution in [0, 0.1) is 0 Å². The Balaban J connectivity index is 2.03. The first-order valence-electron chi connectivity index (χ1n) is 5.08. The van der Waals surface area contributed by atoms with Crippen molar-refractivity contribution >= 4 is 11.6 Å². The highest BCUT2D eigenvalue weighted by Crippen LogP contribution is 2.29. The van der Waals surface area contributed by atoms with Gasteiger partial charge < -0.3 is 4.74 Å². The van der Waals surface area contributed by atoms with Crippen LogP contribution in [0.2, 0.25) is 5.15 Å². The van der Waals surface area contributed by atoms with E-state index in [0.717, 1.165) is 30.0 Å². The van der Waals surface area contributed by atoms with Crippen molar-refractivity contribution in [3.63, 3.8) is 0 Å². The van der Waals surface area contributed by atoms with Crippen LogP contribution in [0.25, 0.3) is 11.3 Å². The molecule has 0 spiro atoms. The number of hydrogen-bond donors (Lipinski definition) is 0. The number of ether oxygens (including phenoxy) is 1. The zero-order valence-corrected chi connectivity index (χ0v) is 9.24. The van der Waals surface area contributed by atoms with Crippen LogP contribution in [0.1, 0.15) is 5.56 Å². The zero-order chi connectivity index (χ0) is 11.0. The second kappa shape index (κ2) is 3.76. The van der Waals surface area contributed by atoms with Gasteiger partial charge in [-0.2, -0.15) is 0 Å². The Bertz CT molecular complexity index is 525. The molecule has 3 rings (SSSR count). The predicted octanol–water partition coefficient (Wildman–Crippen LogP) is 2.73. The summed E-state index contributed by atoms with van der Waals surface area (Å²) in [5, 5.41) is 8.29. The van der Waals surface area contributed by atoms with Crippen molar-refractivity contribution in [1.82, 2.24) is 10.2 Å². The van der Waals surface area contributed by atoms with Crippen molar-refractivity contribution in [3.05, 3.63) is 41.0 Å². The van der Waals surface area contributed by atoms with E-state index < -0.39 is 0 Å². The average Bonchev–Trinajstić information content (AvgIpc) is 2.77. The molecule has 80 valence electrons. The first kappa shape index (κ1) is 9.60. The van der Waals surface area contributed by atoms with Crippen LogP contribution >= 0.6 is 11.6 Å². The lowest BCUT2D eigenvalue weighted by Crippen LogP contribution is -1.88. The van der Waals surface area contributed by atoms with Gasteiger partial charge in [-0.25, -0.2) is 0 Å². The summed E-state index contributed by atoms with van der Waals surface area (Å²) >= 11 is 5.70. The molecule has 0 saturated heterocycles. The highest BCUT2D eigenvalue weighted by atomic mass is 35.5. The summed E-state index contributed by atoms with van der Waals surface area (Å²) in [5.41, 5.74) is 3.11. The van der Waals surface area contributed by atoms with Gasteiger partial charge in [0.2, 0.25) is 0 Å². The topological polar surface area (TPSA) is 35.0 Å². The van der Waals surface area contributed by atoms with Gasteiger partial charge in [-0.15, -0.1) is 10.2 Å². The fourth-order valence-electron chi connectivity index (χ4n) is 1.82. The van der Waals surface area contributed by atoms with Crippen LogP contribution in [-0.4, -0.2) is 16.8 Å². The van der Waals surface area contributed by atoms with E-state index in [1.807, 2.05) is 18.2 Å². The molecule has 0 bridgehead atoms. The third kappa shape index (κ3) is 1.63. The highest BCUT2D eigenvalue weighted by Gasteiger charge is 2.12. The molecule has 0 aliphatic carbocycles. The number of nitrogens with zero attached hydrogens (tertiary/aromatic N) is 2. The molecule has 0 atom stereocenters. The summed E-state index contributed by atoms with van der Waals surface area (Å²) in [6.45, 7) is 0.769. The maximum atomic E-state index is 5.70. The number of fused-ring (bicyclic) bond motifs is 1. The van der Waals surface area contributed by atoms with Gasteiger partial charge in [-0.3, -0.25) is 0 Å². The zero-order valence-electron chi connectivity index (χ0n) is 8.48. The molecule has 0 unspecified atom stereocenters. The molecule has 4 heteroatoms. The summed E-state index contributed by atoms with van der Waals surface area (Å²) in [4.78, 5) is 0. The minimum absolute atomic E-state index is 0.410. The van der Waals surface area contributed by atoms with Gasteiger partial charge >= 0.3 is 0 Å². The van der Waals surface area contributed by atoms with E-state index in [0.29, 0.717) is 5.15 Å². The fourth-order valence-corrected chi connectivity index (χ4v) is 1.92. The Morgan fingerprint density at radius 2 is 2.06 bits per heavy atom. The fraction of sp³-hybridized carbons (Fsp3) is 0.167. The van der Waals surface area contributed by atoms with Crippen LogP contribution < -0.4 is 4.74 Å². The number of hydrogen-bond acceptors (Lipinski definition) is 3. The Hall–Kier alpha value is -1.61. The lowest BCUT2D eigenvalue weighted by Gasteiger charge is -2.02. The number of benzene rings is 1. The Morgan fingerprint density at radius 3 is 2.88 bits per heavy atom. The van der Waals surface area contributed by atoms with Crippen LogP contribution in [-0.2, 0) is 6.42 Å². The first-order valence-corrected chi connectivity index (χ1v) is 5.46. The van der Waals surface area contributed by atoms with Gasteiger partial charge in [-0.05, 0) is 35.9 Å². The molecule has 0 radical (unpaired) electrons. The van der Waals surface area contributed by atoms with Crippen molar-refractivity contribution in [3.8, 4) is 17.0 Å². The molecule has 2 aromatic rings. The lowest BCUT2D eigenvalue weighted by molar-refractivity contribution is 0.357. The van der Waals surface area contributed by atoms with Gasteiger partial charge in [0.25, 0.3) is 0 Å². The molecule has 3 nitrogen and oxygen atoms in total. The van der Waals surface area contributed by atoms with E-state index in [1.54, 1.807) is 6.07 Å². The van der Waals surface area contributed by atoms with Crippen LogP contribution in [0.5, 0.6) is 5.75 Å². The minimum Gasteiger partial charge on any atom is -0.493 e. The van der Waals surface area contributed by atoms with Crippen molar-refractivity contribution in [2.75, 3.05) is 6.61 Å². The number of rotatable bonds is 1. The van der Waals surface area contributed by atoms with Crippen LogP contribution in [0.15, 0.2) is 30.3 Å². The summed E-state index contributed by atoms with van der Waals surface area (Å²) in [6.07, 6.45) is 0.962. The molecule has 1 aromatic carbocycles. The quantitative estimate of drug-likeness (QED) is 0.758. The Morgan fingerprint density at radius 1 is 1.12 bits per heavy atom. The van der Waals surface area contributed by atoms with Gasteiger partial charge in [0.15, 0.2) is 5.15 Å². The SMILES string of the molecule is Clc1ccc(-c2ccc3c(c2)CCO3)nn1. The molecular formula is C12H9ClN2O. The molecule has 0 saturated carbocycles. The van der Waals surface area contributed by atoms with Crippen molar-refractivity contribution in [2.45, 2.75) is 6.42 Å². The van der Waals surface area contributed by atoms with Gasteiger partial charge in [0.05, 0.1) is 12.3 Å². The molecule has 0 fully saturated rings. The second-order valence-electron chi connectivity index (χ2n) is 3.66. The standard InChI is InChI=1S/C12H9ClN2O/c13-12-4-2-10(14-15-12)8-1-3-11-9(7-8)5-6-16-11/h1-4,7H,5-6H2. The molecule has 0 N–H and O–H groups in total. The van der Waals surface area contributed by atoms with Crippen LogP contribution in [0.3, 0.4) is 0 Å². The molecule has 2 heterocycles. The molecular weight excluding hydrogens is 224 g/mol. The third-order valence-electron chi connectivity index (χ3n) is 2.62. The van der Waals surface area contributed by atoms with E-state index in [1.165, 1.54) is 5.56 Å². The van der Waals surface area contributed by atoms with Gasteiger partial charge in [-0.1, -0.05) is 11.6 Å². The van der Waals surface area contributed by atoms with Crippen molar-refractivity contribution in [1.29, 1.82) is 0 Å². The Labute approximate surface area is 98.0 Å². The molecule has 1 aromatic heterocycles. The summed E-state index contributed by atoms with van der Waals surface area (Å²) in [7, 11) is 0.